The van der Waals surface area contributed by atoms with E-state index in [2.05, 4.69) is 13.6 Å². The molecule has 0 fully saturated rings. The SMILES string of the molecule is CO[P+](=O)C(F)P(=O)(OC)OC. The fourth-order valence-electron chi connectivity index (χ4n) is 0.451. The van der Waals surface area contributed by atoms with Crippen LogP contribution in [0.2, 0.25) is 0 Å². The van der Waals surface area contributed by atoms with E-state index < -0.39 is 21.3 Å². The maximum Gasteiger partial charge on any atom is 0.558 e. The minimum Gasteiger partial charge on any atom is -0.307 e. The van der Waals surface area contributed by atoms with Gasteiger partial charge >= 0.3 is 21.3 Å². The van der Waals surface area contributed by atoms with Gasteiger partial charge in [-0.2, -0.15) is 4.39 Å². The Morgan fingerprint density at radius 1 is 1.33 bits per heavy atom. The first-order chi connectivity index (χ1) is 5.51. The molecule has 5 nitrogen and oxygen atoms in total. The molecule has 0 aliphatic rings. The van der Waals surface area contributed by atoms with Crippen LogP contribution in [0.1, 0.15) is 0 Å². The zero-order valence-corrected chi connectivity index (χ0v) is 8.68. The van der Waals surface area contributed by atoms with Crippen LogP contribution in [0, 0.1) is 0 Å². The fourth-order valence-corrected chi connectivity index (χ4v) is 2.89. The van der Waals surface area contributed by atoms with Gasteiger partial charge in [0.05, 0.1) is 7.11 Å². The summed E-state index contributed by atoms with van der Waals surface area (Å²) in [5, 5.41) is 0. The van der Waals surface area contributed by atoms with Gasteiger partial charge in [0.1, 0.15) is 0 Å². The van der Waals surface area contributed by atoms with Gasteiger partial charge in [0.2, 0.25) is 0 Å². The zero-order valence-electron chi connectivity index (χ0n) is 6.89. The van der Waals surface area contributed by atoms with Gasteiger partial charge < -0.3 is 9.05 Å². The maximum atomic E-state index is 12.9. The van der Waals surface area contributed by atoms with Crippen molar-refractivity contribution in [2.45, 2.75) is 5.65 Å². The predicted molar refractivity (Wildman–Crippen MR) is 41.1 cm³/mol. The number of hydrogen-bond donors (Lipinski definition) is 0. The molecule has 0 aromatic heterocycles. The molecule has 0 rings (SSSR count). The highest BCUT2D eigenvalue weighted by atomic mass is 31.2. The Balaban J connectivity index is 4.53. The molecular weight excluding hydrogens is 209 g/mol. The van der Waals surface area contributed by atoms with Gasteiger partial charge in [0, 0.05) is 14.2 Å². The molecule has 0 aromatic carbocycles. The zero-order chi connectivity index (χ0) is 9.78. The van der Waals surface area contributed by atoms with Crippen molar-refractivity contribution in [1.82, 2.24) is 0 Å². The highest BCUT2D eigenvalue weighted by molar-refractivity contribution is 7.66. The monoisotopic (exact) mass is 219 g/mol. The van der Waals surface area contributed by atoms with Gasteiger partial charge in [-0.25, -0.2) is 0 Å². The number of rotatable bonds is 5. The molecular formula is C4H10FO5P2+. The van der Waals surface area contributed by atoms with Crippen molar-refractivity contribution < 1.29 is 27.1 Å². The van der Waals surface area contributed by atoms with Crippen LogP contribution in [0.25, 0.3) is 0 Å². The number of halogens is 1. The Morgan fingerprint density at radius 3 is 2.00 bits per heavy atom. The van der Waals surface area contributed by atoms with Crippen LogP contribution < -0.4 is 0 Å². The lowest BCUT2D eigenvalue weighted by Gasteiger charge is -2.09. The van der Waals surface area contributed by atoms with Crippen LogP contribution in [-0.2, 0) is 22.7 Å². The van der Waals surface area contributed by atoms with E-state index in [9.17, 15) is 13.5 Å². The molecule has 2 atom stereocenters. The second-order valence-corrected chi connectivity index (χ2v) is 5.74. The van der Waals surface area contributed by atoms with E-state index >= 15 is 0 Å². The van der Waals surface area contributed by atoms with Gasteiger partial charge in [-0.05, 0) is 4.57 Å². The number of hydrogen-bond acceptors (Lipinski definition) is 5. The van der Waals surface area contributed by atoms with Crippen molar-refractivity contribution in [3.05, 3.63) is 0 Å². The molecule has 0 radical (unpaired) electrons. The van der Waals surface area contributed by atoms with E-state index in [0.29, 0.717) is 0 Å². The Morgan fingerprint density at radius 2 is 1.75 bits per heavy atom. The first-order valence-electron chi connectivity index (χ1n) is 2.87. The molecule has 0 N–H and O–H groups in total. The van der Waals surface area contributed by atoms with Crippen LogP contribution in [0.4, 0.5) is 4.39 Å². The van der Waals surface area contributed by atoms with Crippen LogP contribution in [0.5, 0.6) is 0 Å². The van der Waals surface area contributed by atoms with Crippen molar-refractivity contribution in [3.8, 4) is 0 Å². The van der Waals surface area contributed by atoms with Crippen LogP contribution >= 0.6 is 15.6 Å². The molecule has 0 amide bonds. The Kier molecular flexibility index (Phi) is 5.06. The molecule has 0 aliphatic heterocycles. The molecule has 0 saturated heterocycles. The van der Waals surface area contributed by atoms with Crippen molar-refractivity contribution in [3.63, 3.8) is 0 Å². The third kappa shape index (κ3) is 2.57. The van der Waals surface area contributed by atoms with Crippen LogP contribution in [0.3, 0.4) is 0 Å². The second-order valence-electron chi connectivity index (χ2n) is 1.68. The quantitative estimate of drug-likeness (QED) is 0.662. The molecule has 0 bridgehead atoms. The lowest BCUT2D eigenvalue weighted by atomic mass is 11.7. The average Bonchev–Trinajstić information content (AvgIpc) is 2.14. The highest BCUT2D eigenvalue weighted by Crippen LogP contribution is 2.60. The normalized spacial score (nSPS) is 15.8. The molecule has 0 aliphatic carbocycles. The van der Waals surface area contributed by atoms with Gasteiger partial charge in [0.15, 0.2) is 0 Å². The minimum atomic E-state index is -3.92. The van der Waals surface area contributed by atoms with Gasteiger partial charge in [0.25, 0.3) is 0 Å². The van der Waals surface area contributed by atoms with Crippen LogP contribution in [0.15, 0.2) is 0 Å². The molecule has 0 aromatic rings. The molecule has 0 saturated carbocycles. The molecule has 12 heavy (non-hydrogen) atoms. The summed E-state index contributed by atoms with van der Waals surface area (Å²) in [5.74, 6) is 0. The van der Waals surface area contributed by atoms with Gasteiger partial charge in [-0.3, -0.25) is 4.57 Å². The van der Waals surface area contributed by atoms with Gasteiger partial charge in [-0.15, -0.1) is 4.52 Å². The smallest absolute Gasteiger partial charge is 0.307 e. The standard InChI is InChI=1S/C4H10FO5P2/c1-8-11(6)4(5)12(7,9-2)10-3/h4H,1-3H3/q+1. The topological polar surface area (TPSA) is 61.8 Å². The average molecular weight is 219 g/mol. The molecule has 0 heterocycles. The van der Waals surface area contributed by atoms with E-state index in [-0.39, 0.29) is 0 Å². The largest absolute Gasteiger partial charge is 0.558 e. The summed E-state index contributed by atoms with van der Waals surface area (Å²) in [7, 11) is -3.53. The summed E-state index contributed by atoms with van der Waals surface area (Å²) < 4.78 is 47.5. The third-order valence-electron chi connectivity index (χ3n) is 1.12. The Hall–Kier alpha value is 0.140. The lowest BCUT2D eigenvalue weighted by molar-refractivity contribution is 0.248. The molecule has 0 spiro atoms. The number of alkyl halides is 1. The van der Waals surface area contributed by atoms with Crippen LogP contribution in [-0.4, -0.2) is 27.0 Å². The first kappa shape index (κ1) is 12.1. The second kappa shape index (κ2) is 5.00. The van der Waals surface area contributed by atoms with E-state index in [1.165, 1.54) is 0 Å². The summed E-state index contributed by atoms with van der Waals surface area (Å²) in [6, 6.07) is 0. The third-order valence-corrected chi connectivity index (χ3v) is 4.79. The molecule has 72 valence electrons. The van der Waals surface area contributed by atoms with Gasteiger partial charge in [-0.1, -0.05) is 0 Å². The Bertz CT molecular complexity index is 200. The lowest BCUT2D eigenvalue weighted by Crippen LogP contribution is -2.01. The van der Waals surface area contributed by atoms with E-state index in [0.717, 1.165) is 21.3 Å². The van der Waals surface area contributed by atoms with Crippen molar-refractivity contribution in [2.24, 2.45) is 0 Å². The van der Waals surface area contributed by atoms with E-state index in [4.69, 9.17) is 0 Å². The summed E-state index contributed by atoms with van der Waals surface area (Å²) in [5.41, 5.74) is -2.24. The summed E-state index contributed by atoms with van der Waals surface area (Å²) in [6.07, 6.45) is 0. The fraction of sp³-hybridized carbons (Fsp3) is 1.00. The van der Waals surface area contributed by atoms with E-state index in [1.807, 2.05) is 0 Å². The van der Waals surface area contributed by atoms with Crippen molar-refractivity contribution in [2.75, 3.05) is 21.3 Å². The minimum absolute atomic E-state index is 1.01. The highest BCUT2D eigenvalue weighted by Gasteiger charge is 2.51. The maximum absolute atomic E-state index is 12.9. The molecule has 8 heteroatoms. The Labute approximate surface area is 70.6 Å². The molecule has 2 unspecified atom stereocenters. The first-order valence-corrected chi connectivity index (χ1v) is 5.73. The summed E-state index contributed by atoms with van der Waals surface area (Å²) >= 11 is 0. The van der Waals surface area contributed by atoms with Crippen molar-refractivity contribution in [1.29, 1.82) is 0 Å². The summed E-state index contributed by atoms with van der Waals surface area (Å²) in [6.45, 7) is 0. The predicted octanol–water partition coefficient (Wildman–Crippen LogP) is 2.11. The summed E-state index contributed by atoms with van der Waals surface area (Å²) in [4.78, 5) is 0. The van der Waals surface area contributed by atoms with Crippen molar-refractivity contribution >= 4 is 15.6 Å². The van der Waals surface area contributed by atoms with E-state index in [1.54, 1.807) is 0 Å².